The van der Waals surface area contributed by atoms with Gasteiger partial charge in [0.25, 0.3) is 5.91 Å². The first kappa shape index (κ1) is 24.4. The molecule has 0 radical (unpaired) electrons. The van der Waals surface area contributed by atoms with Crippen LogP contribution >= 0.6 is 0 Å². The highest BCUT2D eigenvalue weighted by Crippen LogP contribution is 2.46. The van der Waals surface area contributed by atoms with Gasteiger partial charge in [-0.2, -0.15) is 0 Å². The monoisotopic (exact) mass is 520 g/mol. The Morgan fingerprint density at radius 1 is 1.08 bits per heavy atom. The number of halogens is 1. The van der Waals surface area contributed by atoms with Crippen LogP contribution in [0.4, 0.5) is 19.7 Å². The molecule has 2 aromatic rings. The number of benzene rings is 2. The molecule has 4 aliphatic rings. The molecule has 3 atom stereocenters. The predicted octanol–water partition coefficient (Wildman–Crippen LogP) is 3.98. The average Bonchev–Trinajstić information content (AvgIpc) is 3.43. The van der Waals surface area contributed by atoms with Crippen molar-refractivity contribution < 1.29 is 28.3 Å². The van der Waals surface area contributed by atoms with E-state index in [0.29, 0.717) is 24.1 Å². The van der Waals surface area contributed by atoms with Crippen molar-refractivity contribution in [1.82, 2.24) is 15.1 Å². The van der Waals surface area contributed by atoms with Crippen molar-refractivity contribution in [2.24, 2.45) is 0 Å². The number of imide groups is 1. The second kappa shape index (κ2) is 9.11. The minimum atomic E-state index is -1.46. The van der Waals surface area contributed by atoms with E-state index in [9.17, 15) is 23.6 Å². The number of fused-ring (bicyclic) bond motifs is 2. The molecule has 2 aliphatic heterocycles. The van der Waals surface area contributed by atoms with Crippen LogP contribution < -0.4 is 10.6 Å². The van der Waals surface area contributed by atoms with Crippen LogP contribution in [0.15, 0.2) is 42.5 Å². The van der Waals surface area contributed by atoms with Crippen LogP contribution in [0.25, 0.3) is 0 Å². The summed E-state index contributed by atoms with van der Waals surface area (Å²) in [5.74, 6) is -1.26. The first-order chi connectivity index (χ1) is 18.2. The number of carbonyl (C=O) groups is 4. The van der Waals surface area contributed by atoms with Crippen LogP contribution in [-0.4, -0.2) is 52.4 Å². The van der Waals surface area contributed by atoms with Gasteiger partial charge in [-0.25, -0.2) is 18.9 Å². The second-order valence-electron chi connectivity index (χ2n) is 10.6. The van der Waals surface area contributed by atoms with Gasteiger partial charge in [0.1, 0.15) is 12.4 Å². The quantitative estimate of drug-likeness (QED) is 0.620. The number of carbonyl (C=O) groups excluding carboxylic acids is 4. The molecular weight excluding hydrogens is 491 g/mol. The number of rotatable bonds is 5. The summed E-state index contributed by atoms with van der Waals surface area (Å²) >= 11 is 0. The molecule has 2 heterocycles. The minimum absolute atomic E-state index is 0.0875. The van der Waals surface area contributed by atoms with E-state index in [1.54, 1.807) is 35.2 Å². The number of nitrogens with one attached hydrogen (secondary N) is 2. The molecule has 10 heteroatoms. The van der Waals surface area contributed by atoms with E-state index >= 15 is 0 Å². The number of anilines is 1. The first-order valence-corrected chi connectivity index (χ1v) is 13.1. The molecule has 2 saturated heterocycles. The van der Waals surface area contributed by atoms with Crippen molar-refractivity contribution in [3.63, 3.8) is 0 Å². The third-order valence-electron chi connectivity index (χ3n) is 8.03. The zero-order chi connectivity index (χ0) is 26.6. The first-order valence-electron chi connectivity index (χ1n) is 13.1. The number of amides is 5. The minimum Gasteiger partial charge on any atom is -0.427 e. The maximum absolute atomic E-state index is 13.6. The summed E-state index contributed by atoms with van der Waals surface area (Å²) in [5, 5.41) is 5.67. The van der Waals surface area contributed by atoms with E-state index in [2.05, 4.69) is 10.6 Å². The van der Waals surface area contributed by atoms with Gasteiger partial charge < -0.3 is 20.3 Å². The topological polar surface area (TPSA) is 108 Å². The third-order valence-corrected chi connectivity index (χ3v) is 8.03. The molecular formula is C28H29FN4O5. The Morgan fingerprint density at radius 3 is 2.58 bits per heavy atom. The number of ether oxygens (including phenoxy) is 1. The van der Waals surface area contributed by atoms with Gasteiger partial charge in [-0.15, -0.1) is 0 Å². The van der Waals surface area contributed by atoms with Crippen molar-refractivity contribution >= 4 is 29.6 Å². The molecule has 6 rings (SSSR count). The van der Waals surface area contributed by atoms with Crippen molar-refractivity contribution in [2.45, 2.75) is 69.2 Å². The van der Waals surface area contributed by atoms with Gasteiger partial charge in [-0.05, 0) is 74.4 Å². The van der Waals surface area contributed by atoms with Crippen molar-refractivity contribution in [1.29, 1.82) is 0 Å². The molecule has 1 spiro atoms. The number of hydrogen-bond acceptors (Lipinski definition) is 5. The fourth-order valence-electron chi connectivity index (χ4n) is 5.94. The Balaban J connectivity index is 1.18. The lowest BCUT2D eigenvalue weighted by atomic mass is 9.94. The van der Waals surface area contributed by atoms with E-state index < -0.39 is 24.1 Å². The normalized spacial score (nSPS) is 26.1. The van der Waals surface area contributed by atoms with Crippen LogP contribution in [0.3, 0.4) is 0 Å². The molecule has 2 aliphatic carbocycles. The molecule has 2 aromatic carbocycles. The average molecular weight is 521 g/mol. The molecule has 38 heavy (non-hydrogen) atoms. The molecule has 2 N–H and O–H groups in total. The molecule has 5 amide bonds. The summed E-state index contributed by atoms with van der Waals surface area (Å²) in [5.41, 5.74) is 1.34. The maximum atomic E-state index is 13.6. The van der Waals surface area contributed by atoms with Crippen LogP contribution in [0, 0.1) is 5.82 Å². The maximum Gasteiger partial charge on any atom is 0.418 e. The summed E-state index contributed by atoms with van der Waals surface area (Å²) in [7, 11) is 0. The van der Waals surface area contributed by atoms with Gasteiger partial charge in [0.15, 0.2) is 0 Å². The Bertz CT molecular complexity index is 1330. The highest BCUT2D eigenvalue weighted by Gasteiger charge is 2.58. The Hall–Kier alpha value is -3.95. The molecule has 198 valence electrons. The lowest BCUT2D eigenvalue weighted by Crippen LogP contribution is -2.46. The number of nitrogens with zero attached hydrogens (tertiary/aromatic N) is 2. The van der Waals surface area contributed by atoms with E-state index in [1.165, 1.54) is 12.1 Å². The van der Waals surface area contributed by atoms with Gasteiger partial charge in [-0.1, -0.05) is 18.2 Å². The standard InChI is InChI=1S/C28H29FN4O5/c1-16-2-11-23(17-3-5-19(29)6-4-17)33(16)24(34)15-32-25(35)28(38-27(32)37)13-12-18-14-21(9-10-22(18)28)31-26(36)30-20-7-8-20/h3-6,9-10,14,16,20,23H,2,7-8,11-13,15H2,1H3,(H2,30,31,36)/t16-,23-,28?/m0/s1. The third kappa shape index (κ3) is 4.17. The summed E-state index contributed by atoms with van der Waals surface area (Å²) in [6, 6.07) is 10.9. The van der Waals surface area contributed by atoms with Gasteiger partial charge in [0.05, 0.1) is 6.04 Å². The molecule has 0 bridgehead atoms. The van der Waals surface area contributed by atoms with E-state index in [1.807, 2.05) is 6.92 Å². The smallest absolute Gasteiger partial charge is 0.418 e. The molecule has 1 unspecified atom stereocenters. The predicted molar refractivity (Wildman–Crippen MR) is 134 cm³/mol. The van der Waals surface area contributed by atoms with Crippen LogP contribution in [0.1, 0.15) is 61.8 Å². The van der Waals surface area contributed by atoms with Crippen molar-refractivity contribution in [2.75, 3.05) is 11.9 Å². The number of urea groups is 1. The summed E-state index contributed by atoms with van der Waals surface area (Å²) in [4.78, 5) is 54.6. The molecule has 0 aromatic heterocycles. The molecule has 9 nitrogen and oxygen atoms in total. The summed E-state index contributed by atoms with van der Waals surface area (Å²) in [6.45, 7) is 1.51. The van der Waals surface area contributed by atoms with E-state index in [4.69, 9.17) is 4.74 Å². The van der Waals surface area contributed by atoms with Crippen LogP contribution in [0.2, 0.25) is 0 Å². The lowest BCUT2D eigenvalue weighted by molar-refractivity contribution is -0.143. The highest BCUT2D eigenvalue weighted by atomic mass is 19.1. The molecule has 3 fully saturated rings. The Kier molecular flexibility index (Phi) is 5.85. The van der Waals surface area contributed by atoms with E-state index in [-0.39, 0.29) is 42.3 Å². The zero-order valence-electron chi connectivity index (χ0n) is 21.0. The SMILES string of the molecule is C[C@H]1CC[C@@H](c2ccc(F)cc2)N1C(=O)CN1C(=O)OC2(CCc3cc(NC(=O)NC4CC4)ccc32)C1=O. The lowest BCUT2D eigenvalue weighted by Gasteiger charge is -2.30. The van der Waals surface area contributed by atoms with Crippen LogP contribution in [0.5, 0.6) is 0 Å². The fraction of sp³-hybridized carbons (Fsp3) is 0.429. The second-order valence-corrected chi connectivity index (χ2v) is 10.6. The van der Waals surface area contributed by atoms with Gasteiger partial charge in [-0.3, -0.25) is 9.59 Å². The highest BCUT2D eigenvalue weighted by molar-refractivity contribution is 6.06. The summed E-state index contributed by atoms with van der Waals surface area (Å²) in [6.07, 6.45) is 3.36. The van der Waals surface area contributed by atoms with Crippen LogP contribution in [-0.2, 0) is 26.3 Å². The Morgan fingerprint density at radius 2 is 1.84 bits per heavy atom. The zero-order valence-corrected chi connectivity index (χ0v) is 21.0. The van der Waals surface area contributed by atoms with E-state index in [0.717, 1.165) is 35.3 Å². The van der Waals surface area contributed by atoms with Gasteiger partial charge in [0, 0.05) is 29.8 Å². The van der Waals surface area contributed by atoms with Crippen molar-refractivity contribution in [3.05, 3.63) is 65.0 Å². The van der Waals surface area contributed by atoms with Crippen molar-refractivity contribution in [3.8, 4) is 0 Å². The largest absolute Gasteiger partial charge is 0.427 e. The number of aryl methyl sites for hydroxylation is 1. The number of hydrogen-bond donors (Lipinski definition) is 2. The van der Waals surface area contributed by atoms with Gasteiger partial charge in [0.2, 0.25) is 11.5 Å². The fourth-order valence-corrected chi connectivity index (χ4v) is 5.94. The summed E-state index contributed by atoms with van der Waals surface area (Å²) < 4.78 is 19.1. The molecule has 1 saturated carbocycles. The Labute approximate surface area is 219 Å². The van der Waals surface area contributed by atoms with Gasteiger partial charge >= 0.3 is 12.1 Å². The number of likely N-dealkylation sites (tertiary alicyclic amines) is 1.